The van der Waals surface area contributed by atoms with Gasteiger partial charge in [-0.2, -0.15) is 0 Å². The molecule has 3 rings (SSSR count). The van der Waals surface area contributed by atoms with Crippen LogP contribution in [0.2, 0.25) is 0 Å². The number of hydrogen-bond acceptors (Lipinski definition) is 3. The summed E-state index contributed by atoms with van der Waals surface area (Å²) in [6.45, 7) is 4.89. The second-order valence-corrected chi connectivity index (χ2v) is 7.95. The summed E-state index contributed by atoms with van der Waals surface area (Å²) in [6, 6.07) is 9.25. The van der Waals surface area contributed by atoms with Gasteiger partial charge in [0.05, 0.1) is 6.54 Å². The molecule has 0 aromatic carbocycles. The van der Waals surface area contributed by atoms with Gasteiger partial charge in [0.25, 0.3) is 5.56 Å². The highest BCUT2D eigenvalue weighted by molar-refractivity contribution is 9.10. The zero-order chi connectivity index (χ0) is 18.0. The van der Waals surface area contributed by atoms with Gasteiger partial charge in [0.1, 0.15) is 0 Å². The van der Waals surface area contributed by atoms with E-state index in [4.69, 9.17) is 0 Å². The van der Waals surface area contributed by atoms with Crippen LogP contribution in [0.5, 0.6) is 0 Å². The Morgan fingerprint density at radius 1 is 1.24 bits per heavy atom. The molecular formula is C19H19BrN2O2S. The molecule has 0 aliphatic rings. The van der Waals surface area contributed by atoms with Gasteiger partial charge in [-0.25, -0.2) is 0 Å². The maximum Gasteiger partial charge on any atom is 0.251 e. The van der Waals surface area contributed by atoms with Crippen LogP contribution in [0, 0.1) is 13.8 Å². The fraction of sp³-hybridized carbons (Fsp3) is 0.263. The number of aryl methyl sites for hydroxylation is 2. The number of carbonyl (C=O) groups is 1. The molecule has 0 unspecified atom stereocenters. The SMILES string of the molecule is Cc1cc(C(=O)Cn2cc(Br)ccc2=O)c(C)n1CCc1cccs1. The Hall–Kier alpha value is -1.92. The average molecular weight is 419 g/mol. The van der Waals surface area contributed by atoms with Gasteiger partial charge < -0.3 is 9.13 Å². The molecule has 0 radical (unpaired) electrons. The van der Waals surface area contributed by atoms with Crippen molar-refractivity contribution in [2.45, 2.75) is 33.4 Å². The molecule has 0 N–H and O–H groups in total. The Morgan fingerprint density at radius 3 is 2.76 bits per heavy atom. The van der Waals surface area contributed by atoms with Crippen molar-refractivity contribution < 1.29 is 4.79 Å². The van der Waals surface area contributed by atoms with Crippen LogP contribution in [0.4, 0.5) is 0 Å². The molecule has 0 saturated carbocycles. The number of halogens is 1. The Labute approximate surface area is 158 Å². The monoisotopic (exact) mass is 418 g/mol. The maximum absolute atomic E-state index is 12.7. The third-order valence-electron chi connectivity index (χ3n) is 4.30. The van der Waals surface area contributed by atoms with Crippen molar-refractivity contribution in [3.8, 4) is 0 Å². The largest absolute Gasteiger partial charge is 0.348 e. The van der Waals surface area contributed by atoms with Gasteiger partial charge in [0.15, 0.2) is 5.78 Å². The quantitative estimate of drug-likeness (QED) is 0.562. The molecule has 3 aromatic heterocycles. The lowest BCUT2D eigenvalue weighted by atomic mass is 10.1. The molecule has 0 saturated heterocycles. The summed E-state index contributed by atoms with van der Waals surface area (Å²) in [4.78, 5) is 26.0. The van der Waals surface area contributed by atoms with Gasteiger partial charge >= 0.3 is 0 Å². The molecule has 0 spiro atoms. The molecule has 0 bridgehead atoms. The van der Waals surface area contributed by atoms with Gasteiger partial charge in [-0.3, -0.25) is 9.59 Å². The summed E-state index contributed by atoms with van der Waals surface area (Å²) < 4.78 is 4.39. The van der Waals surface area contributed by atoms with Gasteiger partial charge in [-0.1, -0.05) is 6.07 Å². The molecule has 3 heterocycles. The van der Waals surface area contributed by atoms with E-state index in [0.29, 0.717) is 5.56 Å². The second-order valence-electron chi connectivity index (χ2n) is 6.00. The van der Waals surface area contributed by atoms with Crippen molar-refractivity contribution in [3.05, 3.63) is 78.6 Å². The van der Waals surface area contributed by atoms with Crippen molar-refractivity contribution >= 4 is 33.0 Å². The van der Waals surface area contributed by atoms with Crippen LogP contribution >= 0.6 is 27.3 Å². The van der Waals surface area contributed by atoms with E-state index in [9.17, 15) is 9.59 Å². The van der Waals surface area contributed by atoms with Crippen molar-refractivity contribution in [1.29, 1.82) is 0 Å². The van der Waals surface area contributed by atoms with E-state index < -0.39 is 0 Å². The van der Waals surface area contributed by atoms with Crippen LogP contribution in [0.25, 0.3) is 0 Å². The molecule has 0 aliphatic carbocycles. The second kappa shape index (κ2) is 7.54. The van der Waals surface area contributed by atoms with E-state index in [-0.39, 0.29) is 17.9 Å². The predicted molar refractivity (Wildman–Crippen MR) is 105 cm³/mol. The molecule has 0 aliphatic heterocycles. The lowest BCUT2D eigenvalue weighted by Crippen LogP contribution is -2.23. The summed E-state index contributed by atoms with van der Waals surface area (Å²) in [5.41, 5.74) is 2.54. The standard InChI is InChI=1S/C19H19BrN2O2S/c1-13-10-17(14(2)22(13)8-7-16-4-3-9-25-16)18(23)12-21-11-15(20)5-6-19(21)24/h3-6,9-11H,7-8,12H2,1-2H3. The first kappa shape index (κ1) is 17.9. The number of rotatable bonds is 6. The Kier molecular flexibility index (Phi) is 5.39. The lowest BCUT2D eigenvalue weighted by molar-refractivity contribution is 0.0970. The van der Waals surface area contributed by atoms with Gasteiger partial charge in [-0.15, -0.1) is 11.3 Å². The summed E-state index contributed by atoms with van der Waals surface area (Å²) in [6.07, 6.45) is 2.60. The lowest BCUT2D eigenvalue weighted by Gasteiger charge is -2.09. The fourth-order valence-corrected chi connectivity index (χ4v) is 4.05. The molecular weight excluding hydrogens is 400 g/mol. The normalized spacial score (nSPS) is 11.0. The van der Waals surface area contributed by atoms with Gasteiger partial charge in [0.2, 0.25) is 0 Å². The van der Waals surface area contributed by atoms with E-state index in [1.54, 1.807) is 23.6 Å². The van der Waals surface area contributed by atoms with Crippen molar-refractivity contribution in [2.24, 2.45) is 0 Å². The molecule has 3 aromatic rings. The summed E-state index contributed by atoms with van der Waals surface area (Å²) in [5.74, 6) is -0.0457. The van der Waals surface area contributed by atoms with Crippen LogP contribution in [0.3, 0.4) is 0 Å². The van der Waals surface area contributed by atoms with Crippen LogP contribution < -0.4 is 5.56 Å². The van der Waals surface area contributed by atoms with E-state index in [2.05, 4.69) is 38.0 Å². The molecule has 25 heavy (non-hydrogen) atoms. The van der Waals surface area contributed by atoms with Crippen molar-refractivity contribution in [1.82, 2.24) is 9.13 Å². The van der Waals surface area contributed by atoms with Crippen LogP contribution in [-0.2, 0) is 19.5 Å². The number of thiophene rings is 1. The van der Waals surface area contributed by atoms with Crippen LogP contribution in [-0.4, -0.2) is 14.9 Å². The third kappa shape index (κ3) is 4.02. The number of carbonyl (C=O) groups excluding carboxylic acids is 1. The summed E-state index contributed by atoms with van der Waals surface area (Å²) >= 11 is 5.09. The topological polar surface area (TPSA) is 44.0 Å². The molecule has 0 fully saturated rings. The molecule has 130 valence electrons. The molecule has 4 nitrogen and oxygen atoms in total. The van der Waals surface area contributed by atoms with Crippen LogP contribution in [0.1, 0.15) is 26.6 Å². The predicted octanol–water partition coefficient (Wildman–Crippen LogP) is 4.22. The first-order chi connectivity index (χ1) is 12.0. The third-order valence-corrected chi connectivity index (χ3v) is 5.70. The van der Waals surface area contributed by atoms with Crippen molar-refractivity contribution in [3.63, 3.8) is 0 Å². The highest BCUT2D eigenvalue weighted by Gasteiger charge is 2.16. The molecule has 0 amide bonds. The Morgan fingerprint density at radius 2 is 2.04 bits per heavy atom. The number of nitrogens with zero attached hydrogens (tertiary/aromatic N) is 2. The zero-order valence-corrected chi connectivity index (χ0v) is 16.6. The smallest absolute Gasteiger partial charge is 0.251 e. The minimum absolute atomic E-state index is 0.0457. The van der Waals surface area contributed by atoms with E-state index in [0.717, 1.165) is 28.8 Å². The minimum Gasteiger partial charge on any atom is -0.348 e. The summed E-state index contributed by atoms with van der Waals surface area (Å²) in [5, 5.41) is 2.08. The van der Waals surface area contributed by atoms with E-state index in [1.165, 1.54) is 15.5 Å². The van der Waals surface area contributed by atoms with Gasteiger partial charge in [-0.05, 0) is 59.8 Å². The van der Waals surface area contributed by atoms with Crippen molar-refractivity contribution in [2.75, 3.05) is 0 Å². The van der Waals surface area contributed by atoms with E-state index in [1.807, 2.05) is 19.9 Å². The van der Waals surface area contributed by atoms with E-state index >= 15 is 0 Å². The first-order valence-electron chi connectivity index (χ1n) is 8.04. The first-order valence-corrected chi connectivity index (χ1v) is 9.71. The number of hydrogen-bond donors (Lipinski definition) is 0. The summed E-state index contributed by atoms with van der Waals surface area (Å²) in [7, 11) is 0. The highest BCUT2D eigenvalue weighted by Crippen LogP contribution is 2.19. The van der Waals surface area contributed by atoms with Crippen LogP contribution in [0.15, 0.2) is 51.2 Å². The fourth-order valence-electron chi connectivity index (χ4n) is 2.97. The minimum atomic E-state index is -0.178. The number of ketones is 1. The Bertz CT molecular complexity index is 954. The maximum atomic E-state index is 12.7. The molecule has 0 atom stereocenters. The average Bonchev–Trinajstić information content (AvgIpc) is 3.18. The number of Topliss-reactive ketones (excluding diaryl/α,β-unsaturated/α-hetero) is 1. The highest BCUT2D eigenvalue weighted by atomic mass is 79.9. The number of aromatic nitrogens is 2. The van der Waals surface area contributed by atoms with Gasteiger partial charge in [0, 0.05) is 45.1 Å². The molecule has 6 heteroatoms. The Balaban J connectivity index is 1.80. The number of pyridine rings is 1. The zero-order valence-electron chi connectivity index (χ0n) is 14.2.